The monoisotopic (exact) mass is 414 g/mol. The second-order valence-corrected chi connectivity index (χ2v) is 7.38. The number of carbonyl (C=O) groups is 2. The molecule has 162 valence electrons. The van der Waals surface area contributed by atoms with E-state index in [1.807, 2.05) is 45.0 Å². The second-order valence-electron chi connectivity index (χ2n) is 7.38. The van der Waals surface area contributed by atoms with Gasteiger partial charge in [-0.3, -0.25) is 9.59 Å². The van der Waals surface area contributed by atoms with Crippen molar-refractivity contribution in [1.29, 1.82) is 0 Å². The Labute approximate surface area is 178 Å². The third kappa shape index (κ3) is 6.31. The molecule has 2 atom stereocenters. The maximum absolute atomic E-state index is 14.1. The van der Waals surface area contributed by atoms with Crippen molar-refractivity contribution in [2.75, 3.05) is 7.11 Å². The quantitative estimate of drug-likeness (QED) is 0.637. The fourth-order valence-electron chi connectivity index (χ4n) is 3.23. The standard InChI is InChI=1S/C24H31FN2O3/c1-5-17(3)26-24(29)22(6-2)27(16-18-10-9-12-20(14-18)30-4)23(28)15-19-11-7-8-13-21(19)25/h7-14,17,22H,5-6,15-16H2,1-4H3,(H,26,29)/t17-,22+/m1/s1. The summed E-state index contributed by atoms with van der Waals surface area (Å²) in [6.45, 7) is 6.02. The highest BCUT2D eigenvalue weighted by molar-refractivity contribution is 5.88. The van der Waals surface area contributed by atoms with Gasteiger partial charge < -0.3 is 15.0 Å². The summed E-state index contributed by atoms with van der Waals surface area (Å²) in [4.78, 5) is 27.7. The summed E-state index contributed by atoms with van der Waals surface area (Å²) in [5.41, 5.74) is 1.15. The smallest absolute Gasteiger partial charge is 0.243 e. The van der Waals surface area contributed by atoms with E-state index in [0.29, 0.717) is 17.7 Å². The number of ether oxygens (including phenoxy) is 1. The largest absolute Gasteiger partial charge is 0.497 e. The lowest BCUT2D eigenvalue weighted by molar-refractivity contribution is -0.141. The van der Waals surface area contributed by atoms with E-state index in [0.717, 1.165) is 12.0 Å². The average molecular weight is 415 g/mol. The van der Waals surface area contributed by atoms with Crippen LogP contribution < -0.4 is 10.1 Å². The van der Waals surface area contributed by atoms with E-state index in [-0.39, 0.29) is 30.8 Å². The van der Waals surface area contributed by atoms with Crippen molar-refractivity contribution in [2.45, 2.75) is 58.7 Å². The number of nitrogens with one attached hydrogen (secondary N) is 1. The van der Waals surface area contributed by atoms with E-state index >= 15 is 0 Å². The molecule has 0 saturated carbocycles. The predicted octanol–water partition coefficient (Wildman–Crippen LogP) is 4.10. The number of hydrogen-bond acceptors (Lipinski definition) is 3. The Morgan fingerprint density at radius 3 is 2.47 bits per heavy atom. The molecule has 1 N–H and O–H groups in total. The Morgan fingerprint density at radius 2 is 1.83 bits per heavy atom. The lowest BCUT2D eigenvalue weighted by Gasteiger charge is -2.31. The topological polar surface area (TPSA) is 58.6 Å². The fraction of sp³-hybridized carbons (Fsp3) is 0.417. The van der Waals surface area contributed by atoms with Crippen LogP contribution in [0.4, 0.5) is 4.39 Å². The van der Waals surface area contributed by atoms with Gasteiger partial charge in [0.05, 0.1) is 13.5 Å². The van der Waals surface area contributed by atoms with Gasteiger partial charge in [-0.25, -0.2) is 4.39 Å². The minimum absolute atomic E-state index is 0.00638. The van der Waals surface area contributed by atoms with Crippen LogP contribution in [0.1, 0.15) is 44.7 Å². The highest BCUT2D eigenvalue weighted by Gasteiger charge is 2.29. The summed E-state index contributed by atoms with van der Waals surface area (Å²) in [5.74, 6) is -0.249. The van der Waals surface area contributed by atoms with Crippen molar-refractivity contribution in [2.24, 2.45) is 0 Å². The number of rotatable bonds is 10. The average Bonchev–Trinajstić information content (AvgIpc) is 2.75. The molecule has 0 aromatic heterocycles. The van der Waals surface area contributed by atoms with Crippen LogP contribution in [0.25, 0.3) is 0 Å². The Balaban J connectivity index is 2.33. The molecular weight excluding hydrogens is 383 g/mol. The summed E-state index contributed by atoms with van der Waals surface area (Å²) in [7, 11) is 1.58. The van der Waals surface area contributed by atoms with Crippen molar-refractivity contribution < 1.29 is 18.7 Å². The lowest BCUT2D eigenvalue weighted by atomic mass is 10.1. The number of halogens is 1. The zero-order chi connectivity index (χ0) is 22.1. The molecule has 2 aromatic rings. The maximum Gasteiger partial charge on any atom is 0.243 e. The first-order chi connectivity index (χ1) is 14.4. The molecule has 0 saturated heterocycles. The normalized spacial score (nSPS) is 12.7. The number of methoxy groups -OCH3 is 1. The molecule has 0 aliphatic carbocycles. The molecule has 30 heavy (non-hydrogen) atoms. The van der Waals surface area contributed by atoms with E-state index in [4.69, 9.17) is 4.74 Å². The number of hydrogen-bond donors (Lipinski definition) is 1. The van der Waals surface area contributed by atoms with Crippen molar-refractivity contribution in [3.8, 4) is 5.75 Å². The molecule has 0 radical (unpaired) electrons. The molecule has 0 spiro atoms. The minimum Gasteiger partial charge on any atom is -0.497 e. The first-order valence-corrected chi connectivity index (χ1v) is 10.4. The summed E-state index contributed by atoms with van der Waals surface area (Å²) >= 11 is 0. The number of carbonyl (C=O) groups excluding carboxylic acids is 2. The third-order valence-corrected chi connectivity index (χ3v) is 5.17. The van der Waals surface area contributed by atoms with E-state index in [1.54, 1.807) is 30.2 Å². The van der Waals surface area contributed by atoms with Crippen LogP contribution in [0.2, 0.25) is 0 Å². The third-order valence-electron chi connectivity index (χ3n) is 5.17. The first-order valence-electron chi connectivity index (χ1n) is 10.4. The Hall–Kier alpha value is -2.89. The van der Waals surface area contributed by atoms with Gasteiger partial charge in [0, 0.05) is 12.6 Å². The molecule has 2 rings (SSSR count). The van der Waals surface area contributed by atoms with E-state index in [1.165, 1.54) is 6.07 Å². The van der Waals surface area contributed by atoms with Gasteiger partial charge in [-0.2, -0.15) is 0 Å². The molecule has 5 nitrogen and oxygen atoms in total. The summed E-state index contributed by atoms with van der Waals surface area (Å²) < 4.78 is 19.4. The maximum atomic E-state index is 14.1. The fourth-order valence-corrected chi connectivity index (χ4v) is 3.23. The van der Waals surface area contributed by atoms with Gasteiger partial charge in [0.25, 0.3) is 0 Å². The second kappa shape index (κ2) is 11.3. The Kier molecular flexibility index (Phi) is 8.84. The summed E-state index contributed by atoms with van der Waals surface area (Å²) in [6, 6.07) is 13.0. The van der Waals surface area contributed by atoms with Gasteiger partial charge in [-0.1, -0.05) is 44.2 Å². The van der Waals surface area contributed by atoms with Crippen LogP contribution in [-0.4, -0.2) is 35.9 Å². The van der Waals surface area contributed by atoms with Crippen LogP contribution in [0.15, 0.2) is 48.5 Å². The molecule has 6 heteroatoms. The zero-order valence-electron chi connectivity index (χ0n) is 18.2. The summed E-state index contributed by atoms with van der Waals surface area (Å²) in [6.07, 6.45) is 1.14. The number of benzene rings is 2. The van der Waals surface area contributed by atoms with Gasteiger partial charge in [-0.15, -0.1) is 0 Å². The van der Waals surface area contributed by atoms with Crippen molar-refractivity contribution in [3.63, 3.8) is 0 Å². The minimum atomic E-state index is -0.649. The van der Waals surface area contributed by atoms with Gasteiger partial charge in [0.2, 0.25) is 11.8 Å². The highest BCUT2D eigenvalue weighted by Crippen LogP contribution is 2.19. The lowest BCUT2D eigenvalue weighted by Crippen LogP contribution is -2.51. The van der Waals surface area contributed by atoms with Crippen LogP contribution in [-0.2, 0) is 22.6 Å². The van der Waals surface area contributed by atoms with Crippen LogP contribution in [0, 0.1) is 5.82 Å². The molecule has 0 aliphatic rings. The number of nitrogens with zero attached hydrogens (tertiary/aromatic N) is 1. The molecule has 0 heterocycles. The molecule has 0 bridgehead atoms. The SMILES string of the molecule is CC[C@@H](C)NC(=O)[C@H](CC)N(Cc1cccc(OC)c1)C(=O)Cc1ccccc1F. The van der Waals surface area contributed by atoms with Gasteiger partial charge in [0.15, 0.2) is 0 Å². The predicted molar refractivity (Wildman–Crippen MR) is 116 cm³/mol. The summed E-state index contributed by atoms with van der Waals surface area (Å²) in [5, 5.41) is 2.97. The zero-order valence-corrected chi connectivity index (χ0v) is 18.2. The molecule has 0 aliphatic heterocycles. The van der Waals surface area contributed by atoms with Gasteiger partial charge in [0.1, 0.15) is 17.6 Å². The van der Waals surface area contributed by atoms with Crippen molar-refractivity contribution >= 4 is 11.8 Å². The van der Waals surface area contributed by atoms with Crippen molar-refractivity contribution in [3.05, 3.63) is 65.5 Å². The number of amides is 2. The van der Waals surface area contributed by atoms with Gasteiger partial charge in [-0.05, 0) is 49.1 Å². The van der Waals surface area contributed by atoms with Crippen molar-refractivity contribution in [1.82, 2.24) is 10.2 Å². The van der Waals surface area contributed by atoms with Crippen LogP contribution in [0.5, 0.6) is 5.75 Å². The Morgan fingerprint density at radius 1 is 1.10 bits per heavy atom. The van der Waals surface area contributed by atoms with E-state index in [2.05, 4.69) is 5.32 Å². The van der Waals surface area contributed by atoms with Crippen LogP contribution in [0.3, 0.4) is 0 Å². The molecular formula is C24H31FN2O3. The van der Waals surface area contributed by atoms with E-state index < -0.39 is 11.9 Å². The molecule has 0 fully saturated rings. The highest BCUT2D eigenvalue weighted by atomic mass is 19.1. The van der Waals surface area contributed by atoms with Gasteiger partial charge >= 0.3 is 0 Å². The Bertz CT molecular complexity index is 856. The van der Waals surface area contributed by atoms with E-state index in [9.17, 15) is 14.0 Å². The molecule has 2 amide bonds. The van der Waals surface area contributed by atoms with Crippen LogP contribution >= 0.6 is 0 Å². The molecule has 2 aromatic carbocycles. The molecule has 0 unspecified atom stereocenters. The first kappa shape index (κ1) is 23.4.